The number of nitrogens with zero attached hydrogens (tertiary/aromatic N) is 2. The lowest BCUT2D eigenvalue weighted by atomic mass is 10.2. The second-order valence-corrected chi connectivity index (χ2v) is 4.06. The highest BCUT2D eigenvalue weighted by Gasteiger charge is 2.19. The summed E-state index contributed by atoms with van der Waals surface area (Å²) in [4.78, 5) is 14.5. The molecule has 0 fully saturated rings. The number of ether oxygens (including phenoxy) is 1. The molecule has 0 aliphatic carbocycles. The second kappa shape index (κ2) is 6.49. The van der Waals surface area contributed by atoms with Gasteiger partial charge in [0.25, 0.3) is 0 Å². The Morgan fingerprint density at radius 2 is 2.10 bits per heavy atom. The number of nitrogens with one attached hydrogen (secondary N) is 1. The number of allylic oxidation sites excluding steroid dienone is 1. The van der Waals surface area contributed by atoms with Gasteiger partial charge < -0.3 is 10.2 Å². The zero-order valence-corrected chi connectivity index (χ0v) is 11.3. The fraction of sp³-hybridized carbons (Fsp3) is 0.0714. The van der Waals surface area contributed by atoms with Crippen molar-refractivity contribution >= 4 is 17.6 Å². The number of nitro groups is 1. The summed E-state index contributed by atoms with van der Waals surface area (Å²) in [7, 11) is 0. The van der Waals surface area contributed by atoms with E-state index in [0.29, 0.717) is 5.75 Å². The summed E-state index contributed by atoms with van der Waals surface area (Å²) in [5.41, 5.74) is 2.89. The normalized spacial score (nSPS) is 10.6. The van der Waals surface area contributed by atoms with Gasteiger partial charge in [0.1, 0.15) is 11.6 Å². The van der Waals surface area contributed by atoms with Crippen LogP contribution in [-0.2, 0) is 0 Å². The maximum atomic E-state index is 11.0. The number of benzene rings is 1. The summed E-state index contributed by atoms with van der Waals surface area (Å²) in [6.07, 6.45) is 3.69. The summed E-state index contributed by atoms with van der Waals surface area (Å²) < 4.78 is 5.60. The predicted molar refractivity (Wildman–Crippen MR) is 79.9 cm³/mol. The van der Waals surface area contributed by atoms with Gasteiger partial charge in [0.2, 0.25) is 0 Å². The fourth-order valence-corrected chi connectivity index (χ4v) is 1.72. The van der Waals surface area contributed by atoms with Crippen LogP contribution < -0.4 is 16.0 Å². The van der Waals surface area contributed by atoms with Gasteiger partial charge >= 0.3 is 11.6 Å². The monoisotopic (exact) mass is 286 g/mol. The molecule has 7 nitrogen and oxygen atoms in total. The van der Waals surface area contributed by atoms with E-state index < -0.39 is 4.92 Å². The number of aromatic nitrogens is 1. The van der Waals surface area contributed by atoms with Crippen LogP contribution >= 0.6 is 0 Å². The van der Waals surface area contributed by atoms with Crippen molar-refractivity contribution in [3.05, 3.63) is 58.2 Å². The first-order valence-corrected chi connectivity index (χ1v) is 6.17. The Morgan fingerprint density at radius 3 is 2.76 bits per heavy atom. The molecule has 0 unspecified atom stereocenters. The van der Waals surface area contributed by atoms with Crippen LogP contribution in [0.5, 0.6) is 11.6 Å². The molecule has 1 aromatic carbocycles. The van der Waals surface area contributed by atoms with Crippen LogP contribution in [0, 0.1) is 10.1 Å². The smallest absolute Gasteiger partial charge is 0.331 e. The van der Waals surface area contributed by atoms with Crippen molar-refractivity contribution in [3.8, 4) is 11.6 Å². The van der Waals surface area contributed by atoms with Gasteiger partial charge in [0.05, 0.1) is 4.92 Å². The van der Waals surface area contributed by atoms with E-state index >= 15 is 0 Å². The van der Waals surface area contributed by atoms with Crippen molar-refractivity contribution in [2.75, 3.05) is 5.43 Å². The summed E-state index contributed by atoms with van der Waals surface area (Å²) in [5, 5.41) is 11.0. The molecule has 21 heavy (non-hydrogen) atoms. The van der Waals surface area contributed by atoms with Gasteiger partial charge in [-0.15, -0.1) is 0 Å². The molecule has 2 aromatic rings. The number of hydrogen-bond donors (Lipinski definition) is 2. The average Bonchev–Trinajstić information content (AvgIpc) is 2.49. The van der Waals surface area contributed by atoms with Gasteiger partial charge in [-0.3, -0.25) is 10.1 Å². The van der Waals surface area contributed by atoms with E-state index in [1.165, 1.54) is 12.1 Å². The molecule has 3 N–H and O–H groups in total. The van der Waals surface area contributed by atoms with E-state index in [0.717, 1.165) is 5.56 Å². The van der Waals surface area contributed by atoms with E-state index in [9.17, 15) is 10.1 Å². The first-order chi connectivity index (χ1) is 10.2. The van der Waals surface area contributed by atoms with E-state index in [1.807, 2.05) is 31.2 Å². The van der Waals surface area contributed by atoms with Crippen LogP contribution in [0.4, 0.5) is 11.5 Å². The van der Waals surface area contributed by atoms with Crippen LogP contribution in [-0.4, -0.2) is 9.91 Å². The standard InChI is InChI=1S/C14H14N4O3/c1-2-5-10-6-3-4-7-12(10)21-14-11(18(19)20)8-9-13(16-14)17-15/h2-9H,15H2,1H3,(H,16,17)/b5-2+. The zero-order valence-electron chi connectivity index (χ0n) is 11.3. The van der Waals surface area contributed by atoms with Gasteiger partial charge in [0, 0.05) is 11.6 Å². The molecule has 2 rings (SSSR count). The van der Waals surface area contributed by atoms with Crippen LogP contribution in [0.3, 0.4) is 0 Å². The number of pyridine rings is 1. The van der Waals surface area contributed by atoms with Gasteiger partial charge in [-0.1, -0.05) is 30.4 Å². The molecular formula is C14H14N4O3. The van der Waals surface area contributed by atoms with Gasteiger partial charge in [-0.2, -0.15) is 4.98 Å². The number of hydrazine groups is 1. The first kappa shape index (κ1) is 14.5. The van der Waals surface area contributed by atoms with Crippen molar-refractivity contribution in [2.45, 2.75) is 6.92 Å². The second-order valence-electron chi connectivity index (χ2n) is 4.06. The van der Waals surface area contributed by atoms with Gasteiger partial charge in [0.15, 0.2) is 0 Å². The minimum Gasteiger partial charge on any atom is -0.433 e. The number of anilines is 1. The molecule has 1 aromatic heterocycles. The molecule has 0 aliphatic rings. The molecular weight excluding hydrogens is 272 g/mol. The number of para-hydroxylation sites is 1. The molecule has 0 amide bonds. The van der Waals surface area contributed by atoms with E-state index in [4.69, 9.17) is 10.6 Å². The zero-order chi connectivity index (χ0) is 15.2. The van der Waals surface area contributed by atoms with Gasteiger partial charge in [-0.05, 0) is 19.1 Å². The SMILES string of the molecule is C/C=C/c1ccccc1Oc1nc(NN)ccc1[N+](=O)[O-]. The first-order valence-electron chi connectivity index (χ1n) is 6.17. The van der Waals surface area contributed by atoms with Crippen molar-refractivity contribution < 1.29 is 9.66 Å². The molecule has 0 radical (unpaired) electrons. The lowest BCUT2D eigenvalue weighted by Gasteiger charge is -2.09. The lowest BCUT2D eigenvalue weighted by molar-refractivity contribution is -0.386. The Morgan fingerprint density at radius 1 is 1.33 bits per heavy atom. The number of rotatable bonds is 5. The Balaban J connectivity index is 2.45. The number of nitrogens with two attached hydrogens (primary N) is 1. The molecule has 108 valence electrons. The highest BCUT2D eigenvalue weighted by molar-refractivity contribution is 5.59. The number of nitrogen functional groups attached to an aromatic ring is 1. The lowest BCUT2D eigenvalue weighted by Crippen LogP contribution is -2.09. The van der Waals surface area contributed by atoms with Crippen molar-refractivity contribution in [1.29, 1.82) is 0 Å². The Hall–Kier alpha value is -2.93. The summed E-state index contributed by atoms with van der Waals surface area (Å²) in [5.74, 6) is 5.90. The molecule has 0 spiro atoms. The van der Waals surface area contributed by atoms with Crippen molar-refractivity contribution in [2.24, 2.45) is 5.84 Å². The minimum atomic E-state index is -0.555. The number of hydrogen-bond acceptors (Lipinski definition) is 6. The van der Waals surface area contributed by atoms with Crippen LogP contribution in [0.2, 0.25) is 0 Å². The molecule has 0 bridgehead atoms. The molecule has 0 atom stereocenters. The molecule has 1 heterocycles. The fourth-order valence-electron chi connectivity index (χ4n) is 1.72. The van der Waals surface area contributed by atoms with Crippen molar-refractivity contribution in [3.63, 3.8) is 0 Å². The van der Waals surface area contributed by atoms with Crippen LogP contribution in [0.1, 0.15) is 12.5 Å². The van der Waals surface area contributed by atoms with Crippen molar-refractivity contribution in [1.82, 2.24) is 4.98 Å². The highest BCUT2D eigenvalue weighted by Crippen LogP contribution is 2.32. The maximum absolute atomic E-state index is 11.0. The third-order valence-corrected chi connectivity index (χ3v) is 2.66. The predicted octanol–water partition coefficient (Wildman–Crippen LogP) is 3.10. The van der Waals surface area contributed by atoms with E-state index in [1.54, 1.807) is 12.1 Å². The minimum absolute atomic E-state index is 0.118. The Bertz CT molecular complexity index is 686. The maximum Gasteiger partial charge on any atom is 0.331 e. The summed E-state index contributed by atoms with van der Waals surface area (Å²) in [6, 6.07) is 9.87. The molecule has 7 heteroatoms. The van der Waals surface area contributed by atoms with Crippen LogP contribution in [0.15, 0.2) is 42.5 Å². The molecule has 0 saturated carbocycles. The average molecular weight is 286 g/mol. The Labute approximate surface area is 121 Å². The Kier molecular flexibility index (Phi) is 4.47. The summed E-state index contributed by atoms with van der Waals surface area (Å²) in [6.45, 7) is 1.87. The third kappa shape index (κ3) is 3.34. The largest absolute Gasteiger partial charge is 0.433 e. The summed E-state index contributed by atoms with van der Waals surface area (Å²) >= 11 is 0. The van der Waals surface area contributed by atoms with Gasteiger partial charge in [-0.25, -0.2) is 5.84 Å². The van der Waals surface area contributed by atoms with Crippen LogP contribution in [0.25, 0.3) is 6.08 Å². The highest BCUT2D eigenvalue weighted by atomic mass is 16.6. The van der Waals surface area contributed by atoms with E-state index in [-0.39, 0.29) is 17.4 Å². The quantitative estimate of drug-likeness (QED) is 0.497. The third-order valence-electron chi connectivity index (χ3n) is 2.66. The topological polar surface area (TPSA) is 103 Å². The van der Waals surface area contributed by atoms with E-state index in [2.05, 4.69) is 10.4 Å². The molecule has 0 aliphatic heterocycles. The molecule has 0 saturated heterocycles.